The van der Waals surface area contributed by atoms with Crippen molar-refractivity contribution >= 4 is 11.8 Å². The van der Waals surface area contributed by atoms with Crippen LogP contribution < -0.4 is 5.73 Å². The van der Waals surface area contributed by atoms with Crippen LogP contribution in [0.3, 0.4) is 0 Å². The zero-order valence-corrected chi connectivity index (χ0v) is 10.4. The van der Waals surface area contributed by atoms with Gasteiger partial charge in [0.1, 0.15) is 0 Å². The molecule has 1 aliphatic carbocycles. The first-order valence-electron chi connectivity index (χ1n) is 6.30. The molecule has 2 rings (SSSR count). The van der Waals surface area contributed by atoms with Gasteiger partial charge in [-0.2, -0.15) is 11.8 Å². The molecule has 88 valence electrons. The molecule has 2 aliphatic rings. The Morgan fingerprint density at radius 3 is 2.87 bits per heavy atom. The molecule has 0 aromatic heterocycles. The highest BCUT2D eigenvalue weighted by Gasteiger charge is 2.39. The molecule has 1 saturated carbocycles. The average molecular weight is 229 g/mol. The van der Waals surface area contributed by atoms with Gasteiger partial charge in [-0.3, -0.25) is 0 Å². The van der Waals surface area contributed by atoms with Crippen LogP contribution in [0.15, 0.2) is 0 Å². The van der Waals surface area contributed by atoms with Gasteiger partial charge in [0.25, 0.3) is 0 Å². The maximum atomic E-state index is 6.02. The number of ether oxygens (including phenoxy) is 1. The highest BCUT2D eigenvalue weighted by Crippen LogP contribution is 2.42. The summed E-state index contributed by atoms with van der Waals surface area (Å²) >= 11 is 2.12. The van der Waals surface area contributed by atoms with E-state index in [1.807, 2.05) is 0 Å². The smallest absolute Gasteiger partial charge is 0.0693 e. The normalized spacial score (nSPS) is 29.8. The van der Waals surface area contributed by atoms with Gasteiger partial charge in [0, 0.05) is 11.9 Å². The van der Waals surface area contributed by atoms with E-state index in [0.29, 0.717) is 5.60 Å². The second-order valence-corrected chi connectivity index (χ2v) is 6.27. The summed E-state index contributed by atoms with van der Waals surface area (Å²) in [6.45, 7) is 1.82. The summed E-state index contributed by atoms with van der Waals surface area (Å²) in [6.07, 6.45) is 9.07. The number of rotatable bonds is 4. The van der Waals surface area contributed by atoms with Gasteiger partial charge in [0.15, 0.2) is 0 Å². The van der Waals surface area contributed by atoms with E-state index < -0.39 is 0 Å². The lowest BCUT2D eigenvalue weighted by Gasteiger charge is -2.38. The minimum Gasteiger partial charge on any atom is -0.375 e. The minimum absolute atomic E-state index is 0.290. The van der Waals surface area contributed by atoms with E-state index in [9.17, 15) is 0 Å². The van der Waals surface area contributed by atoms with Crippen molar-refractivity contribution in [1.29, 1.82) is 0 Å². The molecule has 1 unspecified atom stereocenters. The molecule has 0 amide bonds. The molecule has 0 bridgehead atoms. The van der Waals surface area contributed by atoms with Gasteiger partial charge in [-0.25, -0.2) is 0 Å². The summed E-state index contributed by atoms with van der Waals surface area (Å²) in [5.74, 6) is 1.23. The molecule has 2 nitrogen and oxygen atoms in total. The second-order valence-electron chi connectivity index (χ2n) is 4.87. The largest absolute Gasteiger partial charge is 0.375 e. The Balaban J connectivity index is 1.76. The third-order valence-electron chi connectivity index (χ3n) is 3.66. The molecule has 0 radical (unpaired) electrons. The highest BCUT2D eigenvalue weighted by atomic mass is 32.2. The van der Waals surface area contributed by atoms with Crippen LogP contribution in [0.25, 0.3) is 0 Å². The molecule has 1 atom stereocenters. The molecule has 1 saturated heterocycles. The second kappa shape index (κ2) is 5.55. The van der Waals surface area contributed by atoms with Gasteiger partial charge in [-0.15, -0.1) is 0 Å². The lowest BCUT2D eigenvalue weighted by Crippen LogP contribution is -2.38. The highest BCUT2D eigenvalue weighted by molar-refractivity contribution is 7.99. The van der Waals surface area contributed by atoms with Crippen molar-refractivity contribution < 1.29 is 4.74 Å². The average Bonchev–Trinajstić information content (AvgIpc) is 2.67. The van der Waals surface area contributed by atoms with Crippen LogP contribution in [0.1, 0.15) is 44.9 Å². The van der Waals surface area contributed by atoms with Gasteiger partial charge >= 0.3 is 0 Å². The van der Waals surface area contributed by atoms with E-state index in [2.05, 4.69) is 11.8 Å². The zero-order valence-electron chi connectivity index (χ0n) is 9.54. The Bertz CT molecular complexity index is 192. The number of hydrogen-bond donors (Lipinski definition) is 1. The van der Waals surface area contributed by atoms with Crippen molar-refractivity contribution in [2.24, 2.45) is 5.73 Å². The first-order valence-corrected chi connectivity index (χ1v) is 7.35. The Morgan fingerprint density at radius 1 is 1.33 bits per heavy atom. The van der Waals surface area contributed by atoms with E-state index in [4.69, 9.17) is 10.5 Å². The Hall–Kier alpha value is 0.270. The minimum atomic E-state index is 0.290. The standard InChI is InChI=1S/C12H23NOS/c13-7-3-9-15-11-4-8-14-12(10-11)5-1-2-6-12/h11H,1-10,13H2. The summed E-state index contributed by atoms with van der Waals surface area (Å²) in [7, 11) is 0. The van der Waals surface area contributed by atoms with Gasteiger partial charge < -0.3 is 10.5 Å². The van der Waals surface area contributed by atoms with Crippen LogP contribution in [-0.4, -0.2) is 29.8 Å². The SMILES string of the molecule is NCCCSC1CCOC2(CCCC2)C1. The molecule has 0 aromatic rings. The fourth-order valence-corrected chi connectivity index (χ4v) is 4.18. The van der Waals surface area contributed by atoms with Crippen molar-refractivity contribution in [3.8, 4) is 0 Å². The van der Waals surface area contributed by atoms with Crippen molar-refractivity contribution in [2.45, 2.75) is 55.8 Å². The lowest BCUT2D eigenvalue weighted by atomic mass is 9.92. The van der Waals surface area contributed by atoms with E-state index in [0.717, 1.165) is 24.8 Å². The van der Waals surface area contributed by atoms with Crippen LogP contribution in [0.2, 0.25) is 0 Å². The van der Waals surface area contributed by atoms with Crippen LogP contribution >= 0.6 is 11.8 Å². The third-order valence-corrected chi connectivity index (χ3v) is 5.06. The molecular weight excluding hydrogens is 206 g/mol. The molecule has 15 heavy (non-hydrogen) atoms. The Kier molecular flexibility index (Phi) is 4.35. The predicted octanol–water partition coefficient (Wildman–Crippen LogP) is 2.56. The fraction of sp³-hybridized carbons (Fsp3) is 1.00. The first-order chi connectivity index (χ1) is 7.35. The molecule has 3 heteroatoms. The number of nitrogens with two attached hydrogens (primary N) is 1. The molecule has 2 fully saturated rings. The van der Waals surface area contributed by atoms with Crippen LogP contribution in [0, 0.1) is 0 Å². The predicted molar refractivity (Wildman–Crippen MR) is 66.3 cm³/mol. The van der Waals surface area contributed by atoms with E-state index >= 15 is 0 Å². The maximum absolute atomic E-state index is 6.02. The Morgan fingerprint density at radius 2 is 2.13 bits per heavy atom. The van der Waals surface area contributed by atoms with Crippen molar-refractivity contribution in [2.75, 3.05) is 18.9 Å². The van der Waals surface area contributed by atoms with Gasteiger partial charge in [0.05, 0.1) is 5.60 Å². The van der Waals surface area contributed by atoms with Gasteiger partial charge in [-0.05, 0) is 44.4 Å². The molecule has 1 heterocycles. The topological polar surface area (TPSA) is 35.2 Å². The van der Waals surface area contributed by atoms with E-state index in [1.165, 1.54) is 44.3 Å². The van der Waals surface area contributed by atoms with E-state index in [1.54, 1.807) is 0 Å². The van der Waals surface area contributed by atoms with Gasteiger partial charge in [-0.1, -0.05) is 12.8 Å². The zero-order chi connectivity index (χ0) is 10.6. The molecule has 1 aliphatic heterocycles. The van der Waals surface area contributed by atoms with Crippen LogP contribution in [0.4, 0.5) is 0 Å². The summed E-state index contributed by atoms with van der Waals surface area (Å²) in [4.78, 5) is 0. The third kappa shape index (κ3) is 3.11. The number of hydrogen-bond acceptors (Lipinski definition) is 3. The van der Waals surface area contributed by atoms with Crippen molar-refractivity contribution in [3.05, 3.63) is 0 Å². The van der Waals surface area contributed by atoms with Crippen molar-refractivity contribution in [1.82, 2.24) is 0 Å². The lowest BCUT2D eigenvalue weighted by molar-refractivity contribution is -0.0703. The summed E-state index contributed by atoms with van der Waals surface area (Å²) in [6, 6.07) is 0. The summed E-state index contributed by atoms with van der Waals surface area (Å²) in [5.41, 5.74) is 5.81. The maximum Gasteiger partial charge on any atom is 0.0693 e. The monoisotopic (exact) mass is 229 g/mol. The molecule has 2 N–H and O–H groups in total. The molecular formula is C12H23NOS. The summed E-state index contributed by atoms with van der Waals surface area (Å²) in [5, 5.41) is 0.836. The Labute approximate surface area is 97.3 Å². The van der Waals surface area contributed by atoms with Crippen LogP contribution in [-0.2, 0) is 4.74 Å². The van der Waals surface area contributed by atoms with Gasteiger partial charge in [0.2, 0.25) is 0 Å². The number of thioether (sulfide) groups is 1. The molecule has 1 spiro atoms. The quantitative estimate of drug-likeness (QED) is 0.753. The fourth-order valence-electron chi connectivity index (χ4n) is 2.83. The summed E-state index contributed by atoms with van der Waals surface area (Å²) < 4.78 is 6.02. The van der Waals surface area contributed by atoms with Crippen molar-refractivity contribution in [3.63, 3.8) is 0 Å². The molecule has 0 aromatic carbocycles. The van der Waals surface area contributed by atoms with E-state index in [-0.39, 0.29) is 0 Å². The van der Waals surface area contributed by atoms with Crippen LogP contribution in [0.5, 0.6) is 0 Å². The first kappa shape index (κ1) is 11.7.